The molecule has 0 aliphatic heterocycles. The molecule has 0 aliphatic rings. The molecule has 0 unspecified atom stereocenters. The van der Waals surface area contributed by atoms with Crippen molar-refractivity contribution in [3.8, 4) is 5.75 Å². The lowest BCUT2D eigenvalue weighted by Crippen LogP contribution is -2.04. The van der Waals surface area contributed by atoms with Crippen LogP contribution < -0.4 is 10.3 Å². The molecule has 0 amide bonds. The number of benzene rings is 1. The van der Waals surface area contributed by atoms with Gasteiger partial charge in [-0.15, -0.1) is 11.8 Å². The van der Waals surface area contributed by atoms with E-state index in [1.807, 2.05) is 24.5 Å². The molecule has 0 fully saturated rings. The second-order valence-electron chi connectivity index (χ2n) is 3.12. The molecule has 2 aromatic rings. The number of methoxy groups -OCH3 is 1. The summed E-state index contributed by atoms with van der Waals surface area (Å²) in [5.74, 6) is 0.796. The predicted molar refractivity (Wildman–Crippen MR) is 62.9 cm³/mol. The number of aromatic amines is 1. The number of fused-ring (bicyclic) bond motifs is 1. The third-order valence-electron chi connectivity index (χ3n) is 2.23. The number of H-pyrrole nitrogens is 1. The lowest BCUT2D eigenvalue weighted by atomic mass is 10.2. The van der Waals surface area contributed by atoms with Gasteiger partial charge in [0.2, 0.25) is 5.56 Å². The van der Waals surface area contributed by atoms with Crippen molar-refractivity contribution in [3.05, 3.63) is 34.6 Å². The Kier molecular flexibility index (Phi) is 2.68. The third-order valence-corrected chi connectivity index (χ3v) is 2.96. The largest absolute Gasteiger partial charge is 0.497 e. The highest BCUT2D eigenvalue weighted by atomic mass is 32.2. The molecule has 0 atom stereocenters. The second-order valence-corrected chi connectivity index (χ2v) is 3.94. The van der Waals surface area contributed by atoms with Crippen molar-refractivity contribution in [2.45, 2.75) is 5.03 Å². The first-order valence-electron chi connectivity index (χ1n) is 4.49. The molecule has 1 aromatic heterocycles. The Morgan fingerprint density at radius 2 is 2.13 bits per heavy atom. The zero-order chi connectivity index (χ0) is 10.8. The van der Waals surface area contributed by atoms with E-state index in [0.717, 1.165) is 21.5 Å². The van der Waals surface area contributed by atoms with Gasteiger partial charge in [-0.25, -0.2) is 0 Å². The van der Waals surface area contributed by atoms with E-state index in [4.69, 9.17) is 4.74 Å². The van der Waals surface area contributed by atoms with Crippen LogP contribution in [-0.4, -0.2) is 18.3 Å². The van der Waals surface area contributed by atoms with Gasteiger partial charge in [0.05, 0.1) is 12.1 Å². The van der Waals surface area contributed by atoms with Crippen molar-refractivity contribution in [2.24, 2.45) is 0 Å². The quantitative estimate of drug-likeness (QED) is 0.791. The van der Waals surface area contributed by atoms with Gasteiger partial charge in [0, 0.05) is 11.5 Å². The van der Waals surface area contributed by atoms with Gasteiger partial charge in [-0.1, -0.05) is 6.07 Å². The molecule has 1 N–H and O–H groups in total. The average molecular weight is 221 g/mol. The number of rotatable bonds is 2. The Balaban J connectivity index is 2.79. The van der Waals surface area contributed by atoms with Gasteiger partial charge in [0.1, 0.15) is 5.75 Å². The van der Waals surface area contributed by atoms with E-state index >= 15 is 0 Å². The minimum Gasteiger partial charge on any atom is -0.497 e. The van der Waals surface area contributed by atoms with Crippen LogP contribution >= 0.6 is 11.8 Å². The summed E-state index contributed by atoms with van der Waals surface area (Å²) >= 11 is 1.52. The molecular formula is C11H11NO2S. The van der Waals surface area contributed by atoms with Crippen molar-refractivity contribution >= 4 is 22.5 Å². The van der Waals surface area contributed by atoms with Gasteiger partial charge in [0.25, 0.3) is 0 Å². The lowest BCUT2D eigenvalue weighted by Gasteiger charge is -2.05. The second kappa shape index (κ2) is 3.98. The Bertz CT molecular complexity index is 548. The van der Waals surface area contributed by atoms with Crippen LogP contribution in [0.15, 0.2) is 34.1 Å². The fraction of sp³-hybridized carbons (Fsp3) is 0.182. The van der Waals surface area contributed by atoms with E-state index in [1.165, 1.54) is 11.8 Å². The van der Waals surface area contributed by atoms with Crippen LogP contribution in [-0.2, 0) is 0 Å². The van der Waals surface area contributed by atoms with E-state index in [9.17, 15) is 4.79 Å². The zero-order valence-electron chi connectivity index (χ0n) is 8.53. The summed E-state index contributed by atoms with van der Waals surface area (Å²) in [6, 6.07) is 7.26. The molecule has 1 aromatic carbocycles. The highest BCUT2D eigenvalue weighted by Gasteiger charge is 2.03. The summed E-state index contributed by atoms with van der Waals surface area (Å²) in [7, 11) is 1.63. The van der Waals surface area contributed by atoms with Crippen LogP contribution in [0.3, 0.4) is 0 Å². The van der Waals surface area contributed by atoms with Crippen LogP contribution in [0.2, 0.25) is 0 Å². The zero-order valence-corrected chi connectivity index (χ0v) is 9.35. The van der Waals surface area contributed by atoms with Crippen molar-refractivity contribution in [1.82, 2.24) is 4.98 Å². The van der Waals surface area contributed by atoms with Gasteiger partial charge in [0.15, 0.2) is 0 Å². The van der Waals surface area contributed by atoms with Crippen molar-refractivity contribution < 1.29 is 4.74 Å². The smallest absolute Gasteiger partial charge is 0.249 e. The SMILES string of the molecule is COc1ccc2cc(=O)[nH]c(SC)c2c1. The number of ether oxygens (including phenoxy) is 1. The first-order valence-corrected chi connectivity index (χ1v) is 5.72. The topological polar surface area (TPSA) is 42.1 Å². The molecule has 0 radical (unpaired) electrons. The molecule has 78 valence electrons. The van der Waals surface area contributed by atoms with Gasteiger partial charge >= 0.3 is 0 Å². The van der Waals surface area contributed by atoms with E-state index < -0.39 is 0 Å². The summed E-state index contributed by atoms with van der Waals surface area (Å²) in [6.07, 6.45) is 1.93. The van der Waals surface area contributed by atoms with Crippen molar-refractivity contribution in [1.29, 1.82) is 0 Å². The van der Waals surface area contributed by atoms with E-state index in [-0.39, 0.29) is 5.56 Å². The molecule has 0 bridgehead atoms. The highest BCUT2D eigenvalue weighted by Crippen LogP contribution is 2.26. The summed E-state index contributed by atoms with van der Waals surface area (Å²) in [5, 5.41) is 2.82. The Morgan fingerprint density at radius 1 is 1.33 bits per heavy atom. The Hall–Kier alpha value is -1.42. The van der Waals surface area contributed by atoms with Gasteiger partial charge in [-0.3, -0.25) is 4.79 Å². The molecule has 0 spiro atoms. The molecular weight excluding hydrogens is 210 g/mol. The highest BCUT2D eigenvalue weighted by molar-refractivity contribution is 7.98. The lowest BCUT2D eigenvalue weighted by molar-refractivity contribution is 0.415. The molecule has 0 saturated heterocycles. The molecule has 1 heterocycles. The molecule has 15 heavy (non-hydrogen) atoms. The molecule has 2 rings (SSSR count). The standard InChI is InChI=1S/C11H11NO2S/c1-14-8-4-3-7-5-10(13)12-11(15-2)9(7)6-8/h3-6H,1-2H3,(H,12,13). The maximum absolute atomic E-state index is 11.3. The van der Waals surface area contributed by atoms with E-state index in [0.29, 0.717) is 0 Å². The maximum atomic E-state index is 11.3. The molecule has 3 nitrogen and oxygen atoms in total. The predicted octanol–water partition coefficient (Wildman–Crippen LogP) is 2.26. The minimum absolute atomic E-state index is 0.0722. The summed E-state index contributed by atoms with van der Waals surface area (Å²) < 4.78 is 5.15. The Labute approximate surface area is 91.5 Å². The number of aromatic nitrogens is 1. The fourth-order valence-electron chi connectivity index (χ4n) is 1.50. The van der Waals surface area contributed by atoms with Gasteiger partial charge in [-0.05, 0) is 23.8 Å². The van der Waals surface area contributed by atoms with E-state index in [1.54, 1.807) is 13.2 Å². The maximum Gasteiger partial charge on any atom is 0.249 e. The summed E-state index contributed by atoms with van der Waals surface area (Å²) in [5.41, 5.74) is -0.0722. The number of pyridine rings is 1. The number of hydrogen-bond donors (Lipinski definition) is 1. The average Bonchev–Trinajstić information content (AvgIpc) is 2.27. The van der Waals surface area contributed by atoms with E-state index in [2.05, 4.69) is 4.98 Å². The van der Waals surface area contributed by atoms with Gasteiger partial charge in [-0.2, -0.15) is 0 Å². The molecule has 0 aliphatic carbocycles. The minimum atomic E-state index is -0.0722. The third kappa shape index (κ3) is 1.85. The Morgan fingerprint density at radius 3 is 2.80 bits per heavy atom. The normalized spacial score (nSPS) is 10.5. The number of nitrogens with one attached hydrogen (secondary N) is 1. The summed E-state index contributed by atoms with van der Waals surface area (Å²) in [6.45, 7) is 0. The van der Waals surface area contributed by atoms with Crippen LogP contribution in [0.25, 0.3) is 10.8 Å². The monoisotopic (exact) mass is 221 g/mol. The fourth-order valence-corrected chi connectivity index (χ4v) is 2.10. The van der Waals surface area contributed by atoms with Crippen molar-refractivity contribution in [3.63, 3.8) is 0 Å². The number of thioether (sulfide) groups is 1. The first kappa shape index (κ1) is 10.1. The van der Waals surface area contributed by atoms with Crippen LogP contribution in [0.1, 0.15) is 0 Å². The molecule has 0 saturated carbocycles. The van der Waals surface area contributed by atoms with Crippen molar-refractivity contribution in [2.75, 3.05) is 13.4 Å². The molecule has 4 heteroatoms. The number of hydrogen-bond acceptors (Lipinski definition) is 3. The van der Waals surface area contributed by atoms with Crippen LogP contribution in [0.5, 0.6) is 5.75 Å². The van der Waals surface area contributed by atoms with Crippen LogP contribution in [0.4, 0.5) is 0 Å². The van der Waals surface area contributed by atoms with Crippen LogP contribution in [0, 0.1) is 0 Å². The first-order chi connectivity index (χ1) is 7.24. The van der Waals surface area contributed by atoms with Gasteiger partial charge < -0.3 is 9.72 Å². The summed E-state index contributed by atoms with van der Waals surface area (Å²) in [4.78, 5) is 14.1.